The number of aryl methyl sites for hydroxylation is 1. The molecule has 2 N–H and O–H groups in total. The highest BCUT2D eigenvalue weighted by Gasteiger charge is 2.28. The summed E-state index contributed by atoms with van der Waals surface area (Å²) in [6.45, 7) is 0.390. The fourth-order valence-electron chi connectivity index (χ4n) is 4.36. The number of aromatic nitrogens is 2. The Kier molecular flexibility index (Phi) is 4.81. The van der Waals surface area contributed by atoms with Gasteiger partial charge >= 0.3 is 0 Å². The second-order valence-corrected chi connectivity index (χ2v) is 10.1. The second kappa shape index (κ2) is 7.53. The lowest BCUT2D eigenvalue weighted by atomic mass is 10.0. The lowest BCUT2D eigenvalue weighted by Gasteiger charge is -2.13. The third-order valence-electron chi connectivity index (χ3n) is 5.93. The number of aromatic amines is 1. The van der Waals surface area contributed by atoms with Gasteiger partial charge in [-0.25, -0.2) is 8.42 Å². The van der Waals surface area contributed by atoms with Crippen LogP contribution in [0.2, 0.25) is 0 Å². The van der Waals surface area contributed by atoms with Crippen LogP contribution in [0.15, 0.2) is 47.4 Å². The van der Waals surface area contributed by atoms with Gasteiger partial charge in [-0.3, -0.25) is 9.89 Å². The van der Waals surface area contributed by atoms with Crippen molar-refractivity contribution in [1.29, 1.82) is 0 Å². The van der Waals surface area contributed by atoms with Gasteiger partial charge in [0.15, 0.2) is 15.5 Å². The van der Waals surface area contributed by atoms with Crippen LogP contribution in [0.5, 0.6) is 5.75 Å². The summed E-state index contributed by atoms with van der Waals surface area (Å²) >= 11 is 0. The zero-order valence-electron chi connectivity index (χ0n) is 17.1. The molecule has 5 rings (SSSR count). The Balaban J connectivity index is 1.29. The van der Waals surface area contributed by atoms with Crippen molar-refractivity contribution in [1.82, 2.24) is 15.5 Å². The minimum Gasteiger partial charge on any atom is -0.487 e. The molecule has 0 saturated heterocycles. The van der Waals surface area contributed by atoms with E-state index in [-0.39, 0.29) is 16.9 Å². The molecule has 0 spiro atoms. The average molecular weight is 438 g/mol. The number of nitrogens with zero attached hydrogens (tertiary/aromatic N) is 1. The zero-order chi connectivity index (χ0) is 21.6. The number of carbonyl (C=O) groups is 1. The van der Waals surface area contributed by atoms with E-state index in [1.165, 1.54) is 6.26 Å². The summed E-state index contributed by atoms with van der Waals surface area (Å²) in [6.07, 6.45) is 4.62. The first-order valence-corrected chi connectivity index (χ1v) is 12.2. The van der Waals surface area contributed by atoms with E-state index in [9.17, 15) is 13.2 Å². The fourth-order valence-corrected chi connectivity index (χ4v) is 4.99. The van der Waals surface area contributed by atoms with Crippen LogP contribution < -0.4 is 10.1 Å². The number of sulfone groups is 1. The van der Waals surface area contributed by atoms with Crippen LogP contribution in [-0.2, 0) is 29.1 Å². The SMILES string of the molecule is CS(=O)(=O)c1ccc(-c2cccc3c2O[C@@H](CNC(=O)c2n[nH]c4c2CCC4)C3)cc1. The third-order valence-corrected chi connectivity index (χ3v) is 7.06. The Morgan fingerprint density at radius 2 is 2.00 bits per heavy atom. The standard InChI is InChI=1S/C23H23N3O4S/c1-31(28,29)17-10-8-14(9-11-17)18-5-2-4-15-12-16(30-22(15)18)13-24-23(27)21-19-6-3-7-20(19)25-26-21/h2,4-5,8-11,16H,3,6-7,12-13H2,1H3,(H,24,27)(H,25,26)/t16-/m1/s1. The largest absolute Gasteiger partial charge is 0.487 e. The molecular weight excluding hydrogens is 414 g/mol. The number of ether oxygens (including phenoxy) is 1. The van der Waals surface area contributed by atoms with Crippen molar-refractivity contribution < 1.29 is 17.9 Å². The van der Waals surface area contributed by atoms with E-state index in [2.05, 4.69) is 15.5 Å². The first-order chi connectivity index (χ1) is 14.9. The van der Waals surface area contributed by atoms with Crippen LogP contribution >= 0.6 is 0 Å². The normalized spacial score (nSPS) is 17.1. The molecule has 0 saturated carbocycles. The van der Waals surface area contributed by atoms with Crippen LogP contribution in [0.1, 0.15) is 33.7 Å². The number of hydrogen-bond donors (Lipinski definition) is 2. The predicted octanol–water partition coefficient (Wildman–Crippen LogP) is 2.70. The van der Waals surface area contributed by atoms with E-state index >= 15 is 0 Å². The summed E-state index contributed by atoms with van der Waals surface area (Å²) in [5.41, 5.74) is 5.48. The Labute approximate surface area is 180 Å². The van der Waals surface area contributed by atoms with E-state index in [4.69, 9.17) is 4.74 Å². The van der Waals surface area contributed by atoms with Crippen LogP contribution in [0.3, 0.4) is 0 Å². The molecule has 160 valence electrons. The molecule has 3 aromatic rings. The van der Waals surface area contributed by atoms with Crippen LogP contribution in [0.4, 0.5) is 0 Å². The summed E-state index contributed by atoms with van der Waals surface area (Å²) in [7, 11) is -3.24. The summed E-state index contributed by atoms with van der Waals surface area (Å²) in [5.74, 6) is 0.616. The molecule has 7 nitrogen and oxygen atoms in total. The number of carbonyl (C=O) groups excluding carboxylic acids is 1. The molecular formula is C23H23N3O4S. The molecule has 0 fully saturated rings. The first kappa shape index (κ1) is 19.8. The molecule has 1 atom stereocenters. The quantitative estimate of drug-likeness (QED) is 0.639. The molecule has 2 aromatic carbocycles. The van der Waals surface area contributed by atoms with Gasteiger partial charge in [-0.05, 0) is 42.5 Å². The summed E-state index contributed by atoms with van der Waals surface area (Å²) in [4.78, 5) is 12.9. The van der Waals surface area contributed by atoms with Gasteiger partial charge in [0.1, 0.15) is 11.9 Å². The monoisotopic (exact) mass is 437 g/mol. The second-order valence-electron chi connectivity index (χ2n) is 8.13. The summed E-state index contributed by atoms with van der Waals surface area (Å²) < 4.78 is 29.6. The number of para-hydroxylation sites is 1. The highest BCUT2D eigenvalue weighted by molar-refractivity contribution is 7.90. The Hall–Kier alpha value is -3.13. The Morgan fingerprint density at radius 1 is 1.19 bits per heavy atom. The van der Waals surface area contributed by atoms with Gasteiger partial charge in [-0.15, -0.1) is 0 Å². The molecule has 8 heteroatoms. The van der Waals surface area contributed by atoms with Crippen molar-refractivity contribution >= 4 is 15.7 Å². The number of rotatable bonds is 5. The maximum absolute atomic E-state index is 12.6. The van der Waals surface area contributed by atoms with Gasteiger partial charge in [-0.2, -0.15) is 5.10 Å². The lowest BCUT2D eigenvalue weighted by Crippen LogP contribution is -2.35. The predicted molar refractivity (Wildman–Crippen MR) is 116 cm³/mol. The van der Waals surface area contributed by atoms with Gasteiger partial charge in [0.25, 0.3) is 5.91 Å². The van der Waals surface area contributed by atoms with E-state index in [0.717, 1.165) is 53.0 Å². The highest BCUT2D eigenvalue weighted by atomic mass is 32.2. The number of benzene rings is 2. The highest BCUT2D eigenvalue weighted by Crippen LogP contribution is 2.39. The van der Waals surface area contributed by atoms with E-state index in [0.29, 0.717) is 18.7 Å². The maximum atomic E-state index is 12.6. The molecule has 0 unspecified atom stereocenters. The van der Waals surface area contributed by atoms with Crippen molar-refractivity contribution in [2.24, 2.45) is 0 Å². The molecule has 1 aliphatic carbocycles. The minimum atomic E-state index is -3.24. The van der Waals surface area contributed by atoms with Crippen molar-refractivity contribution in [3.05, 3.63) is 65.0 Å². The zero-order valence-corrected chi connectivity index (χ0v) is 18.0. The Morgan fingerprint density at radius 3 is 2.77 bits per heavy atom. The summed E-state index contributed by atoms with van der Waals surface area (Å²) in [5, 5.41) is 10.1. The van der Waals surface area contributed by atoms with E-state index < -0.39 is 9.84 Å². The number of amides is 1. The van der Waals surface area contributed by atoms with Gasteiger partial charge in [0, 0.05) is 29.5 Å². The molecule has 1 amide bonds. The topological polar surface area (TPSA) is 101 Å². The maximum Gasteiger partial charge on any atom is 0.272 e. The first-order valence-electron chi connectivity index (χ1n) is 10.3. The molecule has 0 bridgehead atoms. The van der Waals surface area contributed by atoms with Crippen LogP contribution in [0, 0.1) is 0 Å². The van der Waals surface area contributed by atoms with Gasteiger partial charge in [0.05, 0.1) is 11.4 Å². The number of H-pyrrole nitrogens is 1. The van der Waals surface area contributed by atoms with Crippen molar-refractivity contribution in [3.8, 4) is 16.9 Å². The molecule has 2 aliphatic rings. The van der Waals surface area contributed by atoms with E-state index in [1.807, 2.05) is 18.2 Å². The molecule has 1 aliphatic heterocycles. The third kappa shape index (κ3) is 3.72. The van der Waals surface area contributed by atoms with Crippen molar-refractivity contribution in [2.75, 3.05) is 12.8 Å². The van der Waals surface area contributed by atoms with Gasteiger partial charge in [-0.1, -0.05) is 30.3 Å². The smallest absolute Gasteiger partial charge is 0.272 e. The Bertz CT molecular complexity index is 1260. The van der Waals surface area contributed by atoms with Gasteiger partial charge in [0.2, 0.25) is 0 Å². The number of fused-ring (bicyclic) bond motifs is 2. The van der Waals surface area contributed by atoms with Crippen molar-refractivity contribution in [2.45, 2.75) is 36.7 Å². The fraction of sp³-hybridized carbons (Fsp3) is 0.304. The number of hydrogen-bond acceptors (Lipinski definition) is 5. The average Bonchev–Trinajstić information content (AvgIpc) is 3.46. The molecule has 1 aromatic heterocycles. The molecule has 0 radical (unpaired) electrons. The van der Waals surface area contributed by atoms with Crippen LogP contribution in [0.25, 0.3) is 11.1 Å². The van der Waals surface area contributed by atoms with Crippen molar-refractivity contribution in [3.63, 3.8) is 0 Å². The van der Waals surface area contributed by atoms with Gasteiger partial charge < -0.3 is 10.1 Å². The van der Waals surface area contributed by atoms with E-state index in [1.54, 1.807) is 24.3 Å². The molecule has 2 heterocycles. The number of nitrogens with one attached hydrogen (secondary N) is 2. The summed E-state index contributed by atoms with van der Waals surface area (Å²) in [6, 6.07) is 12.8. The lowest BCUT2D eigenvalue weighted by molar-refractivity contribution is 0.0927. The minimum absolute atomic E-state index is 0.164. The molecule has 31 heavy (non-hydrogen) atoms. The van der Waals surface area contributed by atoms with Crippen LogP contribution in [-0.4, -0.2) is 43.4 Å².